The van der Waals surface area contributed by atoms with Crippen LogP contribution in [0.1, 0.15) is 149 Å². The molecular weight excluding hydrogens is 560 g/mol. The van der Waals surface area contributed by atoms with Gasteiger partial charge in [0, 0.05) is 12.8 Å². The number of Topliss-reactive ketones (excluding diaryl/α,β-unsaturated/α-hetero) is 2. The van der Waals surface area contributed by atoms with Crippen molar-refractivity contribution in [2.24, 2.45) is 10.8 Å². The minimum absolute atomic E-state index is 0.248. The van der Waals surface area contributed by atoms with Gasteiger partial charge in [0.2, 0.25) is 10.5 Å². The Bertz CT molecular complexity index is 616. The number of unbranched alkanes of at least 4 members (excludes halogenated alkanes) is 16. The van der Waals surface area contributed by atoms with E-state index in [4.69, 9.17) is 4.80 Å². The van der Waals surface area contributed by atoms with E-state index in [1.807, 2.05) is 0 Å². The van der Waals surface area contributed by atoms with Gasteiger partial charge in [-0.25, -0.2) is 0 Å². The molecule has 9 nitrogen and oxygen atoms in total. The molecule has 0 amide bonds. The molecule has 0 radical (unpaired) electrons. The van der Waals surface area contributed by atoms with Gasteiger partial charge in [-0.15, -0.1) is 0 Å². The molecule has 244 valence electrons. The molecule has 0 aromatic rings. The fourth-order valence-corrected chi connectivity index (χ4v) is 5.71. The van der Waals surface area contributed by atoms with Crippen LogP contribution in [0.4, 0.5) is 0 Å². The SMILES string of the molecule is CCCCCCCCCCCC(=O)C(C)(C(=O)CCCCCCCCCCC)C(CO)(CO)CO.O=[Si](O)OO[SiH3]. The lowest BCUT2D eigenvalue weighted by Crippen LogP contribution is -2.57. The fourth-order valence-electron chi connectivity index (χ4n) is 5.14. The van der Waals surface area contributed by atoms with E-state index in [1.54, 1.807) is 6.92 Å². The summed E-state index contributed by atoms with van der Waals surface area (Å²) >= 11 is 0. The number of aliphatic hydroxyl groups excluding tert-OH is 3. The summed E-state index contributed by atoms with van der Waals surface area (Å²) in [5.74, 6) is -0.503. The smallest absolute Gasteiger partial charge is 0.510 e. The first-order valence-corrected chi connectivity index (χ1v) is 18.1. The third-order valence-corrected chi connectivity index (χ3v) is 9.06. The minimum atomic E-state index is -2.82. The van der Waals surface area contributed by atoms with E-state index >= 15 is 0 Å². The molecule has 11 heteroatoms. The molecule has 0 saturated heterocycles. The summed E-state index contributed by atoms with van der Waals surface area (Å²) in [6.07, 6.45) is 20.9. The Hall–Kier alpha value is -0.986. The van der Waals surface area contributed by atoms with Crippen molar-refractivity contribution >= 4 is 31.2 Å². The van der Waals surface area contributed by atoms with Crippen LogP contribution >= 0.6 is 0 Å². The Labute approximate surface area is 254 Å². The second-order valence-corrected chi connectivity index (χ2v) is 12.4. The number of ketones is 2. The molecule has 0 aromatic heterocycles. The zero-order valence-corrected chi connectivity index (χ0v) is 29.6. The highest BCUT2D eigenvalue weighted by molar-refractivity contribution is 6.24. The normalized spacial score (nSPS) is 11.7. The second kappa shape index (κ2) is 27.8. The highest BCUT2D eigenvalue weighted by atomic mass is 28.3. The Morgan fingerprint density at radius 3 is 1.15 bits per heavy atom. The number of rotatable bonds is 28. The van der Waals surface area contributed by atoms with Crippen LogP contribution in [0, 0.1) is 10.8 Å². The minimum Gasteiger partial charge on any atom is -0.510 e. The van der Waals surface area contributed by atoms with Gasteiger partial charge in [-0.05, 0) is 19.8 Å². The van der Waals surface area contributed by atoms with Crippen molar-refractivity contribution in [1.82, 2.24) is 0 Å². The highest BCUT2D eigenvalue weighted by Gasteiger charge is 2.56. The summed E-state index contributed by atoms with van der Waals surface area (Å²) in [7, 11) is -2.49. The number of hydrogen-bond donors (Lipinski definition) is 4. The van der Waals surface area contributed by atoms with Gasteiger partial charge < -0.3 is 24.7 Å². The van der Waals surface area contributed by atoms with E-state index in [0.717, 1.165) is 25.7 Å². The summed E-state index contributed by atoms with van der Waals surface area (Å²) in [5.41, 5.74) is -3.09. The van der Waals surface area contributed by atoms with E-state index in [9.17, 15) is 29.4 Å². The third-order valence-electron chi connectivity index (χ3n) is 8.25. The van der Waals surface area contributed by atoms with E-state index in [1.165, 1.54) is 77.0 Å². The van der Waals surface area contributed by atoms with E-state index in [0.29, 0.717) is 23.3 Å². The quantitative estimate of drug-likeness (QED) is 0.0324. The van der Waals surface area contributed by atoms with Crippen molar-refractivity contribution in [3.63, 3.8) is 0 Å². The molecule has 0 spiro atoms. The summed E-state index contributed by atoms with van der Waals surface area (Å²) in [5, 5.41) is 30.1. The standard InChI is InChI=1S/C30H58O5.H4O4Si2/c1-4-6-8-10-12-14-16-18-20-22-27(34)29(3,30(24-31,25-32)26-33)28(35)23-21-19-17-15-13-11-9-7-5-2;1-6(2)4-3-5/h31-33H,4-26H2,1-3H3;1H,5H3. The van der Waals surface area contributed by atoms with E-state index in [-0.39, 0.29) is 24.4 Å². The molecule has 0 bridgehead atoms. The molecule has 0 aliphatic rings. The largest absolute Gasteiger partial charge is 0.797 e. The van der Waals surface area contributed by atoms with Crippen LogP contribution in [0.25, 0.3) is 0 Å². The van der Waals surface area contributed by atoms with Crippen LogP contribution in [-0.2, 0) is 23.2 Å². The Morgan fingerprint density at radius 2 is 0.927 bits per heavy atom. The maximum atomic E-state index is 13.3. The average molecular weight is 623 g/mol. The van der Waals surface area contributed by atoms with Crippen LogP contribution in [0.3, 0.4) is 0 Å². The molecule has 0 aliphatic heterocycles. The maximum Gasteiger partial charge on any atom is 0.797 e. The van der Waals surface area contributed by atoms with Crippen LogP contribution in [0.2, 0.25) is 0 Å². The summed E-state index contributed by atoms with van der Waals surface area (Å²) in [4.78, 5) is 34.5. The van der Waals surface area contributed by atoms with Crippen LogP contribution in [0.15, 0.2) is 0 Å². The molecule has 0 unspecified atom stereocenters. The third kappa shape index (κ3) is 18.3. The van der Waals surface area contributed by atoms with Gasteiger partial charge in [-0.1, -0.05) is 117 Å². The molecular formula is C30H62O9Si2. The van der Waals surface area contributed by atoms with Gasteiger partial charge in [0.05, 0.1) is 30.7 Å². The molecule has 0 aromatic carbocycles. The number of carbonyl (C=O) groups excluding carboxylic acids is 2. The molecule has 0 aliphatic carbocycles. The van der Waals surface area contributed by atoms with Gasteiger partial charge in [0.15, 0.2) is 0 Å². The Morgan fingerprint density at radius 1 is 0.634 bits per heavy atom. The first-order chi connectivity index (χ1) is 19.7. The number of aliphatic hydroxyl groups is 3. The Kier molecular flexibility index (Phi) is 28.6. The molecule has 0 rings (SSSR count). The van der Waals surface area contributed by atoms with E-state index < -0.39 is 39.8 Å². The van der Waals surface area contributed by atoms with Crippen molar-refractivity contribution in [2.45, 2.75) is 149 Å². The zero-order valence-electron chi connectivity index (χ0n) is 26.6. The monoisotopic (exact) mass is 622 g/mol. The predicted octanol–water partition coefficient (Wildman–Crippen LogP) is 4.56. The topological polar surface area (TPSA) is 151 Å². The predicted molar refractivity (Wildman–Crippen MR) is 166 cm³/mol. The van der Waals surface area contributed by atoms with Crippen LogP contribution in [-0.4, -0.2) is 71.2 Å². The second-order valence-electron chi connectivity index (χ2n) is 11.4. The van der Waals surface area contributed by atoms with Crippen molar-refractivity contribution in [3.8, 4) is 0 Å². The lowest BCUT2D eigenvalue weighted by Gasteiger charge is -2.43. The van der Waals surface area contributed by atoms with Gasteiger partial charge in [-0.3, -0.25) is 18.6 Å². The zero-order chi connectivity index (χ0) is 31.4. The molecule has 0 atom stereocenters. The van der Waals surface area contributed by atoms with Crippen molar-refractivity contribution in [3.05, 3.63) is 0 Å². The molecule has 0 fully saturated rings. The van der Waals surface area contributed by atoms with E-state index in [2.05, 4.69) is 23.0 Å². The van der Waals surface area contributed by atoms with Crippen molar-refractivity contribution in [1.29, 1.82) is 0 Å². The summed E-state index contributed by atoms with van der Waals surface area (Å²) < 4.78 is 17.1. The lowest BCUT2D eigenvalue weighted by atomic mass is 9.59. The van der Waals surface area contributed by atoms with Crippen molar-refractivity contribution in [2.75, 3.05) is 19.8 Å². The summed E-state index contributed by atoms with van der Waals surface area (Å²) in [6.45, 7) is 4.19. The molecule has 0 heterocycles. The molecule has 0 saturated carbocycles. The summed E-state index contributed by atoms with van der Waals surface area (Å²) in [6, 6.07) is 0. The highest BCUT2D eigenvalue weighted by Crippen LogP contribution is 2.43. The van der Waals surface area contributed by atoms with Crippen molar-refractivity contribution < 1.29 is 43.3 Å². The molecule has 41 heavy (non-hydrogen) atoms. The maximum absolute atomic E-state index is 13.3. The van der Waals surface area contributed by atoms with Gasteiger partial charge in [0.1, 0.15) is 11.6 Å². The lowest BCUT2D eigenvalue weighted by molar-refractivity contribution is -0.161. The van der Waals surface area contributed by atoms with Gasteiger partial charge >= 0.3 is 9.17 Å². The van der Waals surface area contributed by atoms with Crippen LogP contribution < -0.4 is 0 Å². The number of carbonyl (C=O) groups is 2. The fraction of sp³-hybridized carbons (Fsp3) is 0.933. The first kappa shape index (κ1) is 42.1. The molecule has 4 N–H and O–H groups in total. The van der Waals surface area contributed by atoms with Gasteiger partial charge in [-0.2, -0.15) is 0 Å². The first-order valence-electron chi connectivity index (χ1n) is 16.0. The van der Waals surface area contributed by atoms with Crippen LogP contribution in [0.5, 0.6) is 0 Å². The van der Waals surface area contributed by atoms with Gasteiger partial charge in [0.25, 0.3) is 0 Å². The number of hydrogen-bond acceptors (Lipinski definition) is 8. The Balaban J connectivity index is 0. The average Bonchev–Trinajstić information content (AvgIpc) is 2.96.